The second-order valence-electron chi connectivity index (χ2n) is 6.45. The van der Waals surface area contributed by atoms with Gasteiger partial charge in [0.2, 0.25) is 5.91 Å². The summed E-state index contributed by atoms with van der Waals surface area (Å²) in [5, 5.41) is 0. The third kappa shape index (κ3) is 2.68. The van der Waals surface area contributed by atoms with Gasteiger partial charge in [-0.05, 0) is 42.2 Å². The summed E-state index contributed by atoms with van der Waals surface area (Å²) >= 11 is 0. The number of amides is 2. The van der Waals surface area contributed by atoms with Crippen molar-refractivity contribution in [3.63, 3.8) is 0 Å². The molecule has 0 bridgehead atoms. The van der Waals surface area contributed by atoms with Crippen LogP contribution in [0.2, 0.25) is 0 Å². The average Bonchev–Trinajstić information content (AvgIpc) is 3.21. The molecule has 2 aromatic carbocycles. The number of rotatable bonds is 3. The molecule has 4 nitrogen and oxygen atoms in total. The Balaban J connectivity index is 1.49. The first kappa shape index (κ1) is 14.9. The Morgan fingerprint density at radius 3 is 2.50 bits per heavy atom. The number of anilines is 1. The minimum absolute atomic E-state index is 0.0451. The molecule has 4 rings (SSSR count). The highest BCUT2D eigenvalue weighted by atomic mass is 16.2. The molecule has 2 aliphatic heterocycles. The highest BCUT2D eigenvalue weighted by Gasteiger charge is 2.25. The van der Waals surface area contributed by atoms with Crippen LogP contribution in [0.25, 0.3) is 0 Å². The van der Waals surface area contributed by atoms with Gasteiger partial charge < -0.3 is 9.80 Å². The third-order valence-electron chi connectivity index (χ3n) is 4.88. The molecule has 1 saturated heterocycles. The van der Waals surface area contributed by atoms with Crippen molar-refractivity contribution in [3.05, 3.63) is 65.2 Å². The molecule has 0 atom stereocenters. The summed E-state index contributed by atoms with van der Waals surface area (Å²) in [6, 6.07) is 15.7. The Morgan fingerprint density at radius 1 is 0.958 bits per heavy atom. The highest BCUT2D eigenvalue weighted by Crippen LogP contribution is 2.29. The van der Waals surface area contributed by atoms with Crippen LogP contribution in [0.5, 0.6) is 0 Å². The maximum Gasteiger partial charge on any atom is 0.258 e. The zero-order chi connectivity index (χ0) is 16.5. The molecule has 2 aromatic rings. The van der Waals surface area contributed by atoms with Crippen molar-refractivity contribution in [3.8, 4) is 0 Å². The zero-order valence-corrected chi connectivity index (χ0v) is 13.6. The fourth-order valence-corrected chi connectivity index (χ4v) is 3.55. The van der Waals surface area contributed by atoms with Gasteiger partial charge in [0, 0.05) is 37.3 Å². The SMILES string of the molecule is O=C1CCCN1Cc1ccc(C(=O)N2CCc3ccccc32)cc1. The molecule has 1 fully saturated rings. The Bertz CT molecular complexity index is 782. The van der Waals surface area contributed by atoms with E-state index in [0.29, 0.717) is 18.5 Å². The lowest BCUT2D eigenvalue weighted by molar-refractivity contribution is -0.128. The maximum atomic E-state index is 12.8. The number of benzene rings is 2. The van der Waals surface area contributed by atoms with Crippen LogP contribution in [0, 0.1) is 0 Å². The van der Waals surface area contributed by atoms with Gasteiger partial charge >= 0.3 is 0 Å². The standard InChI is InChI=1S/C20H20N2O2/c23-19-6-3-12-21(19)14-15-7-9-17(10-8-15)20(24)22-13-11-16-4-1-2-5-18(16)22/h1-2,4-5,7-10H,3,6,11-14H2. The molecular formula is C20H20N2O2. The largest absolute Gasteiger partial charge is 0.338 e. The van der Waals surface area contributed by atoms with Crippen molar-refractivity contribution >= 4 is 17.5 Å². The molecular weight excluding hydrogens is 300 g/mol. The summed E-state index contributed by atoms with van der Waals surface area (Å²) in [5.41, 5.74) is 4.02. The van der Waals surface area contributed by atoms with Crippen LogP contribution in [0.4, 0.5) is 5.69 Å². The number of para-hydroxylation sites is 1. The van der Waals surface area contributed by atoms with E-state index in [2.05, 4.69) is 6.07 Å². The smallest absolute Gasteiger partial charge is 0.258 e. The molecule has 2 aliphatic rings. The fourth-order valence-electron chi connectivity index (χ4n) is 3.55. The summed E-state index contributed by atoms with van der Waals surface area (Å²) in [7, 11) is 0. The number of hydrogen-bond acceptors (Lipinski definition) is 2. The van der Waals surface area contributed by atoms with Crippen LogP contribution in [0.15, 0.2) is 48.5 Å². The quantitative estimate of drug-likeness (QED) is 0.872. The number of fused-ring (bicyclic) bond motifs is 1. The Labute approximate surface area is 141 Å². The van der Waals surface area contributed by atoms with Crippen molar-refractivity contribution in [1.82, 2.24) is 4.90 Å². The predicted octanol–water partition coefficient (Wildman–Crippen LogP) is 3.01. The number of carbonyl (C=O) groups is 2. The van der Waals surface area contributed by atoms with E-state index in [-0.39, 0.29) is 11.8 Å². The number of hydrogen-bond donors (Lipinski definition) is 0. The molecule has 2 amide bonds. The molecule has 0 unspecified atom stereocenters. The van der Waals surface area contributed by atoms with Crippen LogP contribution in [-0.4, -0.2) is 29.8 Å². The molecule has 122 valence electrons. The summed E-state index contributed by atoms with van der Waals surface area (Å²) in [5.74, 6) is 0.271. The Hall–Kier alpha value is -2.62. The third-order valence-corrected chi connectivity index (χ3v) is 4.88. The molecule has 0 aromatic heterocycles. The maximum absolute atomic E-state index is 12.8. The van der Waals surface area contributed by atoms with Gasteiger partial charge in [0.05, 0.1) is 0 Å². The number of nitrogens with zero attached hydrogens (tertiary/aromatic N) is 2. The highest BCUT2D eigenvalue weighted by molar-refractivity contribution is 6.07. The van der Waals surface area contributed by atoms with Gasteiger partial charge in [-0.1, -0.05) is 30.3 Å². The molecule has 24 heavy (non-hydrogen) atoms. The van der Waals surface area contributed by atoms with Gasteiger partial charge in [-0.25, -0.2) is 0 Å². The second kappa shape index (κ2) is 6.11. The first-order chi connectivity index (χ1) is 11.7. The Kier molecular flexibility index (Phi) is 3.81. The van der Waals surface area contributed by atoms with Gasteiger partial charge in [0.15, 0.2) is 0 Å². The zero-order valence-electron chi connectivity index (χ0n) is 13.6. The summed E-state index contributed by atoms with van der Waals surface area (Å²) in [4.78, 5) is 28.2. The van der Waals surface area contributed by atoms with Crippen LogP contribution in [0.1, 0.15) is 34.3 Å². The van der Waals surface area contributed by atoms with Gasteiger partial charge in [0.25, 0.3) is 5.91 Å². The van der Waals surface area contributed by atoms with Gasteiger partial charge in [-0.2, -0.15) is 0 Å². The van der Waals surface area contributed by atoms with Crippen LogP contribution < -0.4 is 4.90 Å². The lowest BCUT2D eigenvalue weighted by atomic mass is 10.1. The van der Waals surface area contributed by atoms with E-state index >= 15 is 0 Å². The monoisotopic (exact) mass is 320 g/mol. The molecule has 0 saturated carbocycles. The van der Waals surface area contributed by atoms with Crippen molar-refractivity contribution in [2.24, 2.45) is 0 Å². The summed E-state index contributed by atoms with van der Waals surface area (Å²) in [6.07, 6.45) is 2.52. The van der Waals surface area contributed by atoms with E-state index in [0.717, 1.165) is 37.2 Å². The molecule has 0 aliphatic carbocycles. The molecule has 0 N–H and O–H groups in total. The number of likely N-dealkylation sites (tertiary alicyclic amines) is 1. The number of carbonyl (C=O) groups excluding carboxylic acids is 2. The molecule has 0 radical (unpaired) electrons. The second-order valence-corrected chi connectivity index (χ2v) is 6.45. The van der Waals surface area contributed by atoms with E-state index in [1.54, 1.807) is 0 Å². The van der Waals surface area contributed by atoms with Crippen molar-refractivity contribution in [2.45, 2.75) is 25.8 Å². The van der Waals surface area contributed by atoms with E-state index in [4.69, 9.17) is 0 Å². The van der Waals surface area contributed by atoms with Gasteiger partial charge in [-0.15, -0.1) is 0 Å². The van der Waals surface area contributed by atoms with Crippen LogP contribution in [0.3, 0.4) is 0 Å². The average molecular weight is 320 g/mol. The van der Waals surface area contributed by atoms with Crippen molar-refractivity contribution in [1.29, 1.82) is 0 Å². The van der Waals surface area contributed by atoms with E-state index in [1.807, 2.05) is 52.3 Å². The Morgan fingerprint density at radius 2 is 1.75 bits per heavy atom. The molecule has 2 heterocycles. The summed E-state index contributed by atoms with van der Waals surface area (Å²) in [6.45, 7) is 2.21. The van der Waals surface area contributed by atoms with E-state index < -0.39 is 0 Å². The van der Waals surface area contributed by atoms with E-state index in [1.165, 1.54) is 5.56 Å². The summed E-state index contributed by atoms with van der Waals surface area (Å²) < 4.78 is 0. The van der Waals surface area contributed by atoms with E-state index in [9.17, 15) is 9.59 Å². The molecule has 4 heteroatoms. The first-order valence-corrected chi connectivity index (χ1v) is 8.49. The van der Waals surface area contributed by atoms with Crippen molar-refractivity contribution < 1.29 is 9.59 Å². The minimum atomic E-state index is 0.0451. The molecule has 0 spiro atoms. The van der Waals surface area contributed by atoms with Crippen LogP contribution >= 0.6 is 0 Å². The minimum Gasteiger partial charge on any atom is -0.338 e. The lowest BCUT2D eigenvalue weighted by Crippen LogP contribution is -2.29. The van der Waals surface area contributed by atoms with Gasteiger partial charge in [0.1, 0.15) is 0 Å². The van der Waals surface area contributed by atoms with Crippen molar-refractivity contribution in [2.75, 3.05) is 18.0 Å². The fraction of sp³-hybridized carbons (Fsp3) is 0.300. The first-order valence-electron chi connectivity index (χ1n) is 8.49. The van der Waals surface area contributed by atoms with Crippen LogP contribution in [-0.2, 0) is 17.8 Å². The topological polar surface area (TPSA) is 40.6 Å². The normalized spacial score (nSPS) is 16.6. The van der Waals surface area contributed by atoms with Gasteiger partial charge in [-0.3, -0.25) is 9.59 Å². The predicted molar refractivity (Wildman–Crippen MR) is 92.9 cm³/mol. The lowest BCUT2D eigenvalue weighted by Gasteiger charge is -2.18.